The van der Waals surface area contributed by atoms with Crippen LogP contribution < -0.4 is 26.2 Å². The summed E-state index contributed by atoms with van der Waals surface area (Å²) in [5.41, 5.74) is 10.1. The summed E-state index contributed by atoms with van der Waals surface area (Å²) in [5.74, 6) is -1.14. The zero-order valence-electron chi connectivity index (χ0n) is 37.2. The van der Waals surface area contributed by atoms with Crippen LogP contribution in [0.5, 0.6) is 0 Å². The molecule has 1 aromatic heterocycles. The number of ether oxygens (including phenoxy) is 1. The van der Waals surface area contributed by atoms with E-state index >= 15 is 0 Å². The van der Waals surface area contributed by atoms with Crippen LogP contribution in [-0.2, 0) is 4.74 Å². The number of nitrogens with zero attached hydrogens (tertiary/aromatic N) is 5. The van der Waals surface area contributed by atoms with Crippen LogP contribution >= 0.6 is 39.5 Å². The number of Topliss-reactive ketones (excluding diaryl/α,β-unsaturated/α-hetero) is 1. The number of halogens is 3. The van der Waals surface area contributed by atoms with Crippen molar-refractivity contribution in [3.8, 4) is 0 Å². The fraction of sp³-hybridized carbons (Fsp3) is 0.354. The fourth-order valence-electron chi connectivity index (χ4n) is 7.26. The maximum Gasteiger partial charge on any atom is 0.410 e. The first-order valence-corrected chi connectivity index (χ1v) is 23.6. The van der Waals surface area contributed by atoms with Crippen molar-refractivity contribution in [2.24, 2.45) is 4.99 Å². The van der Waals surface area contributed by atoms with Gasteiger partial charge in [-0.2, -0.15) is 4.99 Å². The number of amides is 1. The number of aromatic nitrogens is 1. The Kier molecular flexibility index (Phi) is 18.7. The molecule has 2 aliphatic heterocycles. The first-order chi connectivity index (χ1) is 31.1. The highest BCUT2D eigenvalue weighted by Crippen LogP contribution is 2.31. The van der Waals surface area contributed by atoms with E-state index in [9.17, 15) is 23.2 Å². The van der Waals surface area contributed by atoms with Gasteiger partial charge in [-0.05, 0) is 132 Å². The fourth-order valence-corrected chi connectivity index (χ4v) is 8.55. The summed E-state index contributed by atoms with van der Waals surface area (Å²) in [7, 11) is 0. The molecule has 0 spiro atoms. The Bertz CT molecular complexity index is 2430. The molecule has 5 aromatic rings. The van der Waals surface area contributed by atoms with Gasteiger partial charge < -0.3 is 35.8 Å². The molecular formula is C48H55BrF2N8O4S2. The van der Waals surface area contributed by atoms with Crippen molar-refractivity contribution in [1.82, 2.24) is 15.2 Å². The molecule has 12 nitrogen and oxygen atoms in total. The molecule has 0 bridgehead atoms. The summed E-state index contributed by atoms with van der Waals surface area (Å²) in [5, 5.41) is 9.82. The molecule has 7 rings (SSSR count). The van der Waals surface area contributed by atoms with E-state index in [1.54, 1.807) is 12.1 Å². The number of aliphatic imine (C=N–C) groups is 1. The Hall–Kier alpha value is -5.58. The quantitative estimate of drug-likeness (QED) is 0.0449. The lowest BCUT2D eigenvalue weighted by Crippen LogP contribution is -2.44. The molecule has 2 aliphatic rings. The topological polar surface area (TPSA) is 145 Å². The molecule has 17 heteroatoms. The number of rotatable bonds is 13. The minimum atomic E-state index is -0.471. The molecule has 0 saturated carbocycles. The first kappa shape index (κ1) is 50.4. The number of ketones is 2. The third-order valence-corrected chi connectivity index (χ3v) is 11.9. The van der Waals surface area contributed by atoms with Crippen LogP contribution in [0.1, 0.15) is 73.1 Å². The minimum Gasteiger partial charge on any atom is -0.444 e. The second-order valence-electron chi connectivity index (χ2n) is 16.2. The molecule has 344 valence electrons. The number of carbonyl (C=O) groups is 3. The van der Waals surface area contributed by atoms with Gasteiger partial charge in [0.25, 0.3) is 0 Å². The number of hydrogen-bond acceptors (Lipinski definition) is 13. The first-order valence-electron chi connectivity index (χ1n) is 21.3. The number of thiocarbonyl (C=S) groups is 1. The highest BCUT2D eigenvalue weighted by molar-refractivity contribution is 9.09. The molecule has 4 N–H and O–H groups in total. The number of benzene rings is 4. The van der Waals surface area contributed by atoms with E-state index in [2.05, 4.69) is 82.8 Å². The van der Waals surface area contributed by atoms with Gasteiger partial charge >= 0.3 is 6.09 Å². The number of anilines is 5. The largest absolute Gasteiger partial charge is 0.444 e. The molecule has 4 aromatic carbocycles. The summed E-state index contributed by atoms with van der Waals surface area (Å²) >= 11 is 8.78. The number of alkyl halides is 1. The normalized spacial score (nSPS) is 15.4. The molecular weight excluding hydrogens is 935 g/mol. The number of isothiocyanates is 1. The second-order valence-corrected chi connectivity index (χ2v) is 17.9. The van der Waals surface area contributed by atoms with Gasteiger partial charge in [-0.25, -0.2) is 18.6 Å². The number of thiazole rings is 1. The number of carbonyl (C=O) groups excluding carboxylic acids is 3. The third-order valence-electron chi connectivity index (χ3n) is 10.3. The lowest BCUT2D eigenvalue weighted by molar-refractivity contribution is 0.0190. The van der Waals surface area contributed by atoms with Gasteiger partial charge in [-0.3, -0.25) is 9.59 Å². The number of likely N-dealkylation sites (N-methyl/N-ethyl adjacent to an activating group) is 2. The van der Waals surface area contributed by atoms with Crippen molar-refractivity contribution < 1.29 is 27.9 Å². The predicted molar refractivity (Wildman–Crippen MR) is 265 cm³/mol. The van der Waals surface area contributed by atoms with Crippen molar-refractivity contribution in [2.75, 3.05) is 65.4 Å². The average molecular weight is 990 g/mol. The van der Waals surface area contributed by atoms with Crippen molar-refractivity contribution in [3.63, 3.8) is 0 Å². The van der Waals surface area contributed by atoms with Crippen LogP contribution in [0.3, 0.4) is 0 Å². The van der Waals surface area contributed by atoms with E-state index in [1.807, 2.05) is 69.0 Å². The maximum atomic E-state index is 13.4. The Balaban J connectivity index is 0.000000202. The summed E-state index contributed by atoms with van der Waals surface area (Å²) in [6.45, 7) is 15.2. The highest BCUT2D eigenvalue weighted by atomic mass is 79.9. The van der Waals surface area contributed by atoms with Crippen molar-refractivity contribution in [1.29, 1.82) is 0 Å². The van der Waals surface area contributed by atoms with Crippen molar-refractivity contribution >= 4 is 96.0 Å². The summed E-state index contributed by atoms with van der Waals surface area (Å²) in [6, 6.07) is 27.9. The Morgan fingerprint density at radius 1 is 0.923 bits per heavy atom. The van der Waals surface area contributed by atoms with E-state index in [4.69, 9.17) is 10.5 Å². The molecule has 65 heavy (non-hydrogen) atoms. The van der Waals surface area contributed by atoms with E-state index in [0.29, 0.717) is 28.2 Å². The second kappa shape index (κ2) is 24.1. The highest BCUT2D eigenvalue weighted by Gasteiger charge is 2.32. The van der Waals surface area contributed by atoms with Gasteiger partial charge in [0.2, 0.25) is 5.78 Å². The Morgan fingerprint density at radius 3 is 2.11 bits per heavy atom. The van der Waals surface area contributed by atoms with Gasteiger partial charge in [-0.1, -0.05) is 58.5 Å². The lowest BCUT2D eigenvalue weighted by atomic mass is 10.1. The molecule has 2 fully saturated rings. The van der Waals surface area contributed by atoms with Crippen LogP contribution in [0, 0.1) is 11.6 Å². The van der Waals surface area contributed by atoms with Crippen LogP contribution in [0.25, 0.3) is 0 Å². The molecule has 0 radical (unpaired) electrons. The smallest absolute Gasteiger partial charge is 0.410 e. The van der Waals surface area contributed by atoms with E-state index < -0.39 is 11.4 Å². The van der Waals surface area contributed by atoms with E-state index in [0.717, 1.165) is 74.0 Å². The molecule has 2 unspecified atom stereocenters. The monoisotopic (exact) mass is 988 g/mol. The molecule has 1 amide bonds. The molecule has 2 saturated heterocycles. The molecule has 2 atom stereocenters. The van der Waals surface area contributed by atoms with Gasteiger partial charge in [-0.15, -0.1) is 0 Å². The molecule has 3 heterocycles. The minimum absolute atomic E-state index is 0.107. The van der Waals surface area contributed by atoms with Gasteiger partial charge in [0.15, 0.2) is 10.9 Å². The lowest BCUT2D eigenvalue weighted by Gasteiger charge is -2.31. The maximum absolute atomic E-state index is 13.4. The van der Waals surface area contributed by atoms with Crippen molar-refractivity contribution in [2.45, 2.75) is 65.1 Å². The van der Waals surface area contributed by atoms with Crippen LogP contribution in [0.4, 0.5) is 47.3 Å². The number of hydrogen-bond donors (Lipinski definition) is 3. The number of nitrogen functional groups attached to an aromatic ring is 1. The van der Waals surface area contributed by atoms with Gasteiger partial charge in [0.1, 0.15) is 27.9 Å². The summed E-state index contributed by atoms with van der Waals surface area (Å²) in [6.07, 6.45) is 1.85. The van der Waals surface area contributed by atoms with Gasteiger partial charge in [0.05, 0.1) is 22.2 Å². The third kappa shape index (κ3) is 15.0. The standard InChI is InChI=1S/C22H24FN5OS.C18H25N3O2S.C8H6BrFO/c1-2-25-17-10-11-28(13-17)18-8-6-16(7-9-18)26-22-27-21(24)20(30-22)19(29)14-4-3-5-15(23)12-14;1-5-21(17(22)23-18(2,3)4)16-10-11-20(12-16)15-8-6-14(7-9-15)19-13-24;9-5-8(11)6-2-1-3-7(10)4-6/h3-9,12,17,25H,2,10-11,13,24H2,1H3,(H,26,27);6-9,16H,5,10-12H2,1-4H3;1-4H,5H2. The summed E-state index contributed by atoms with van der Waals surface area (Å²) in [4.78, 5) is 51.0. The summed E-state index contributed by atoms with van der Waals surface area (Å²) < 4.78 is 31.4. The Labute approximate surface area is 397 Å². The van der Waals surface area contributed by atoms with E-state index in [1.165, 1.54) is 42.1 Å². The zero-order chi connectivity index (χ0) is 47.1. The van der Waals surface area contributed by atoms with E-state index in [-0.39, 0.29) is 46.2 Å². The van der Waals surface area contributed by atoms with Crippen molar-refractivity contribution in [3.05, 3.63) is 125 Å². The predicted octanol–water partition coefficient (Wildman–Crippen LogP) is 10.7. The van der Waals surface area contributed by atoms with Crippen LogP contribution in [0.15, 0.2) is 102 Å². The number of nitrogens with two attached hydrogens (primary N) is 1. The Morgan fingerprint density at radius 2 is 1.52 bits per heavy atom. The zero-order valence-corrected chi connectivity index (χ0v) is 40.4. The van der Waals surface area contributed by atoms with Crippen LogP contribution in [-0.4, -0.2) is 95.0 Å². The van der Waals surface area contributed by atoms with Crippen LogP contribution in [0.2, 0.25) is 0 Å². The SMILES string of the molecule is CCN(C(=O)OC(C)(C)C)C1CCN(c2ccc(N=C=S)cc2)C1.CCNC1CCN(c2ccc(Nc3nc(N)c(C(=O)c4cccc(F)c4)s3)cc2)C1.O=C(CBr)c1cccc(F)c1. The average Bonchev–Trinajstić information content (AvgIpc) is 4.05. The van der Waals surface area contributed by atoms with Gasteiger partial charge in [0, 0.05) is 67.0 Å². The molecule has 0 aliphatic carbocycles. The number of nitrogens with one attached hydrogen (secondary N) is 2.